The Morgan fingerprint density at radius 3 is 2.82 bits per heavy atom. The first kappa shape index (κ1) is 16.3. The Hall–Kier alpha value is -3.87. The lowest BCUT2D eigenvalue weighted by atomic mass is 9.99. The number of benzene rings is 2. The molecular formula is C21H18N6O. The van der Waals surface area contributed by atoms with Crippen LogP contribution in [0.25, 0.3) is 32.9 Å². The Morgan fingerprint density at radius 1 is 1.11 bits per heavy atom. The van der Waals surface area contributed by atoms with Crippen molar-refractivity contribution in [1.29, 1.82) is 0 Å². The molecule has 0 radical (unpaired) electrons. The quantitative estimate of drug-likeness (QED) is 0.448. The van der Waals surface area contributed by atoms with Gasteiger partial charge in [-0.05, 0) is 48.4 Å². The number of amides is 1. The van der Waals surface area contributed by atoms with Crippen molar-refractivity contribution in [2.75, 3.05) is 5.32 Å². The van der Waals surface area contributed by atoms with Crippen molar-refractivity contribution in [3.63, 3.8) is 0 Å². The van der Waals surface area contributed by atoms with Gasteiger partial charge in [0, 0.05) is 29.5 Å². The van der Waals surface area contributed by atoms with E-state index in [0.29, 0.717) is 11.4 Å². The fraction of sp³-hybridized carbons (Fsp3) is 0.0952. The maximum absolute atomic E-state index is 12.8. The highest BCUT2D eigenvalue weighted by Crippen LogP contribution is 2.34. The fourth-order valence-corrected chi connectivity index (χ4v) is 3.66. The van der Waals surface area contributed by atoms with Gasteiger partial charge < -0.3 is 10.3 Å². The number of hydrogen-bond donors (Lipinski definition) is 3. The predicted octanol–water partition coefficient (Wildman–Crippen LogP) is 4.01. The zero-order valence-corrected chi connectivity index (χ0v) is 15.4. The number of anilines is 1. The number of carbonyl (C=O) groups excluding carboxylic acids is 1. The van der Waals surface area contributed by atoms with Crippen LogP contribution in [0.15, 0.2) is 54.9 Å². The van der Waals surface area contributed by atoms with E-state index in [1.54, 1.807) is 24.0 Å². The zero-order valence-electron chi connectivity index (χ0n) is 15.4. The Labute approximate surface area is 160 Å². The van der Waals surface area contributed by atoms with Crippen LogP contribution < -0.4 is 5.32 Å². The minimum absolute atomic E-state index is 0.206. The van der Waals surface area contributed by atoms with E-state index in [-0.39, 0.29) is 5.91 Å². The lowest BCUT2D eigenvalue weighted by molar-refractivity contribution is 0.101. The molecule has 3 N–H and O–H groups in total. The smallest absolute Gasteiger partial charge is 0.273 e. The van der Waals surface area contributed by atoms with E-state index in [1.165, 1.54) is 0 Å². The molecule has 138 valence electrons. The molecule has 0 bridgehead atoms. The maximum atomic E-state index is 12.8. The second kappa shape index (κ2) is 6.09. The third kappa shape index (κ3) is 2.56. The molecule has 28 heavy (non-hydrogen) atoms. The molecule has 7 nitrogen and oxygen atoms in total. The summed E-state index contributed by atoms with van der Waals surface area (Å²) < 4.78 is 1.58. The Morgan fingerprint density at radius 2 is 2.00 bits per heavy atom. The Balaban J connectivity index is 1.63. The summed E-state index contributed by atoms with van der Waals surface area (Å²) in [5.41, 5.74) is 6.03. The molecule has 0 aliphatic rings. The highest BCUT2D eigenvalue weighted by molar-refractivity contribution is 6.09. The third-order valence-electron chi connectivity index (χ3n) is 4.95. The summed E-state index contributed by atoms with van der Waals surface area (Å²) >= 11 is 0. The highest BCUT2D eigenvalue weighted by atomic mass is 16.2. The maximum Gasteiger partial charge on any atom is 0.273 e. The van der Waals surface area contributed by atoms with Crippen molar-refractivity contribution in [2.24, 2.45) is 7.05 Å². The van der Waals surface area contributed by atoms with E-state index in [4.69, 9.17) is 0 Å². The average molecular weight is 370 g/mol. The van der Waals surface area contributed by atoms with Crippen molar-refractivity contribution in [2.45, 2.75) is 6.92 Å². The summed E-state index contributed by atoms with van der Waals surface area (Å²) in [6.07, 6.45) is 3.65. The first-order valence-electron chi connectivity index (χ1n) is 8.96. The van der Waals surface area contributed by atoms with Gasteiger partial charge in [0.25, 0.3) is 5.91 Å². The second-order valence-corrected chi connectivity index (χ2v) is 6.85. The fourth-order valence-electron chi connectivity index (χ4n) is 3.66. The molecule has 3 aromatic heterocycles. The van der Waals surface area contributed by atoms with Crippen LogP contribution in [0.4, 0.5) is 5.69 Å². The second-order valence-electron chi connectivity index (χ2n) is 6.85. The van der Waals surface area contributed by atoms with E-state index in [1.807, 2.05) is 37.4 Å². The first-order chi connectivity index (χ1) is 13.6. The molecule has 0 unspecified atom stereocenters. The standard InChI is InChI=1S/C21H18N6O/c1-12-8-20(27(2)26-12)21(28)24-18-9-13(10-19-16(18)11-23-25-19)14-4-3-5-17-15(14)6-7-22-17/h3-11,22H,1-2H3,(H,23,25)(H,24,28). The molecule has 0 atom stereocenters. The molecule has 0 fully saturated rings. The normalized spacial score (nSPS) is 11.4. The van der Waals surface area contributed by atoms with E-state index < -0.39 is 0 Å². The molecule has 1 amide bonds. The molecule has 7 heteroatoms. The van der Waals surface area contributed by atoms with Gasteiger partial charge in [-0.15, -0.1) is 0 Å². The number of nitrogens with one attached hydrogen (secondary N) is 3. The van der Waals surface area contributed by atoms with Gasteiger partial charge in [0.15, 0.2) is 0 Å². The Bertz CT molecular complexity index is 1340. The predicted molar refractivity (Wildman–Crippen MR) is 109 cm³/mol. The van der Waals surface area contributed by atoms with Gasteiger partial charge in [-0.2, -0.15) is 10.2 Å². The molecule has 0 saturated heterocycles. The number of hydrogen-bond acceptors (Lipinski definition) is 3. The largest absolute Gasteiger partial charge is 0.361 e. The van der Waals surface area contributed by atoms with Crippen LogP contribution in [-0.2, 0) is 7.05 Å². The number of aromatic nitrogens is 5. The summed E-state index contributed by atoms with van der Waals surface area (Å²) in [5, 5.41) is 16.4. The first-order valence-corrected chi connectivity index (χ1v) is 8.96. The number of aryl methyl sites for hydroxylation is 2. The lowest BCUT2D eigenvalue weighted by Crippen LogP contribution is -2.16. The molecule has 0 spiro atoms. The summed E-state index contributed by atoms with van der Waals surface area (Å²) in [6, 6.07) is 14.0. The van der Waals surface area contributed by atoms with Gasteiger partial charge in [0.1, 0.15) is 5.69 Å². The number of H-pyrrole nitrogens is 2. The van der Waals surface area contributed by atoms with Crippen LogP contribution in [0.2, 0.25) is 0 Å². The number of fused-ring (bicyclic) bond motifs is 2. The number of nitrogens with zero attached hydrogens (tertiary/aromatic N) is 3. The van der Waals surface area contributed by atoms with Gasteiger partial charge in [0.2, 0.25) is 0 Å². The van der Waals surface area contributed by atoms with Gasteiger partial charge >= 0.3 is 0 Å². The van der Waals surface area contributed by atoms with Crippen LogP contribution in [0, 0.1) is 6.92 Å². The molecule has 5 aromatic rings. The zero-order chi connectivity index (χ0) is 19.3. The molecule has 2 aromatic carbocycles. The van der Waals surface area contributed by atoms with Crippen LogP contribution in [0.1, 0.15) is 16.2 Å². The van der Waals surface area contributed by atoms with Gasteiger partial charge in [-0.3, -0.25) is 14.6 Å². The van der Waals surface area contributed by atoms with Crippen LogP contribution in [-0.4, -0.2) is 30.9 Å². The van der Waals surface area contributed by atoms with Crippen LogP contribution >= 0.6 is 0 Å². The van der Waals surface area contributed by atoms with Crippen molar-refractivity contribution < 1.29 is 4.79 Å². The van der Waals surface area contributed by atoms with Gasteiger partial charge in [-0.1, -0.05) is 12.1 Å². The van der Waals surface area contributed by atoms with E-state index in [9.17, 15) is 4.79 Å². The van der Waals surface area contributed by atoms with Crippen molar-refractivity contribution in [3.05, 3.63) is 66.2 Å². The third-order valence-corrected chi connectivity index (χ3v) is 4.95. The molecular weight excluding hydrogens is 352 g/mol. The SMILES string of the molecule is Cc1cc(C(=O)Nc2cc(-c3cccc4[nH]ccc34)cc3[nH]ncc23)n(C)n1. The molecule has 3 heterocycles. The van der Waals surface area contributed by atoms with Crippen LogP contribution in [0.5, 0.6) is 0 Å². The monoisotopic (exact) mass is 370 g/mol. The minimum Gasteiger partial charge on any atom is -0.361 e. The average Bonchev–Trinajstić information content (AvgIpc) is 3.40. The number of rotatable bonds is 3. The molecule has 5 rings (SSSR count). The van der Waals surface area contributed by atoms with E-state index in [2.05, 4.69) is 37.7 Å². The lowest BCUT2D eigenvalue weighted by Gasteiger charge is -2.10. The summed E-state index contributed by atoms with van der Waals surface area (Å²) in [7, 11) is 1.76. The van der Waals surface area contributed by atoms with E-state index >= 15 is 0 Å². The summed E-state index contributed by atoms with van der Waals surface area (Å²) in [4.78, 5) is 16.1. The molecule has 0 aliphatic heterocycles. The van der Waals surface area contributed by atoms with Crippen molar-refractivity contribution >= 4 is 33.4 Å². The summed E-state index contributed by atoms with van der Waals surface area (Å²) in [5.74, 6) is -0.206. The van der Waals surface area contributed by atoms with Crippen molar-refractivity contribution in [1.82, 2.24) is 25.0 Å². The highest BCUT2D eigenvalue weighted by Gasteiger charge is 2.16. The van der Waals surface area contributed by atoms with E-state index in [0.717, 1.165) is 38.6 Å². The number of carbonyl (C=O) groups is 1. The minimum atomic E-state index is -0.206. The number of aromatic amines is 2. The van der Waals surface area contributed by atoms with Crippen molar-refractivity contribution in [3.8, 4) is 11.1 Å². The molecule has 0 saturated carbocycles. The topological polar surface area (TPSA) is 91.4 Å². The summed E-state index contributed by atoms with van der Waals surface area (Å²) in [6.45, 7) is 1.86. The van der Waals surface area contributed by atoms with Gasteiger partial charge in [0.05, 0.1) is 23.1 Å². The van der Waals surface area contributed by atoms with Gasteiger partial charge in [-0.25, -0.2) is 0 Å². The molecule has 0 aliphatic carbocycles. The Kier molecular flexibility index (Phi) is 3.55. The van der Waals surface area contributed by atoms with Crippen LogP contribution in [0.3, 0.4) is 0 Å².